The number of benzene rings is 1. The maximum atomic E-state index is 12.7. The number of amides is 1. The summed E-state index contributed by atoms with van der Waals surface area (Å²) >= 11 is 0. The molecule has 10 nitrogen and oxygen atoms in total. The van der Waals surface area contributed by atoms with E-state index in [4.69, 9.17) is 13.9 Å². The fourth-order valence-corrected chi connectivity index (χ4v) is 4.08. The number of rotatable bonds is 9. The zero-order chi connectivity index (χ0) is 25.3. The number of carbonyl (C=O) groups is 1. The molecular formula is C24H31NO9. The van der Waals surface area contributed by atoms with Crippen molar-refractivity contribution in [2.75, 3.05) is 20.2 Å². The van der Waals surface area contributed by atoms with Crippen LogP contribution in [0.3, 0.4) is 0 Å². The maximum absolute atomic E-state index is 12.7. The van der Waals surface area contributed by atoms with Crippen LogP contribution in [0.15, 0.2) is 26.0 Å². The van der Waals surface area contributed by atoms with Gasteiger partial charge in [-0.25, -0.2) is 4.79 Å². The fourth-order valence-electron chi connectivity index (χ4n) is 4.08. The predicted molar refractivity (Wildman–Crippen MR) is 124 cm³/mol. The number of aryl methyl sites for hydroxylation is 3. The highest BCUT2D eigenvalue weighted by Gasteiger charge is 2.31. The van der Waals surface area contributed by atoms with E-state index in [0.29, 0.717) is 22.3 Å². The van der Waals surface area contributed by atoms with Crippen LogP contribution in [0, 0.1) is 20.8 Å². The Balaban J connectivity index is 1.75. The van der Waals surface area contributed by atoms with Crippen LogP contribution in [-0.2, 0) is 11.2 Å². The molecule has 10 heteroatoms. The lowest BCUT2D eigenvalue weighted by Gasteiger charge is -2.28. The van der Waals surface area contributed by atoms with Gasteiger partial charge in [-0.2, -0.15) is 0 Å². The molecule has 0 spiro atoms. The fraction of sp³-hybridized carbons (Fsp3) is 0.500. The van der Waals surface area contributed by atoms with Crippen molar-refractivity contribution in [2.24, 2.45) is 0 Å². The van der Waals surface area contributed by atoms with Crippen LogP contribution in [0.5, 0.6) is 0 Å². The lowest BCUT2D eigenvalue weighted by Crippen LogP contribution is -2.50. The van der Waals surface area contributed by atoms with Crippen molar-refractivity contribution in [3.63, 3.8) is 0 Å². The molecule has 186 valence electrons. The minimum absolute atomic E-state index is 0.0514. The van der Waals surface area contributed by atoms with Crippen molar-refractivity contribution in [1.29, 1.82) is 0 Å². The molecule has 0 aliphatic carbocycles. The van der Waals surface area contributed by atoms with Crippen molar-refractivity contribution in [1.82, 2.24) is 4.90 Å². The Labute approximate surface area is 195 Å². The van der Waals surface area contributed by atoms with Crippen molar-refractivity contribution >= 4 is 27.8 Å². The van der Waals surface area contributed by atoms with E-state index in [-0.39, 0.29) is 19.4 Å². The average Bonchev–Trinajstić information content (AvgIpc) is 3.18. The molecule has 34 heavy (non-hydrogen) atoms. The van der Waals surface area contributed by atoms with E-state index in [2.05, 4.69) is 0 Å². The van der Waals surface area contributed by atoms with Gasteiger partial charge in [0.1, 0.15) is 35.6 Å². The van der Waals surface area contributed by atoms with Gasteiger partial charge in [0.05, 0.1) is 12.9 Å². The van der Waals surface area contributed by atoms with Crippen LogP contribution >= 0.6 is 0 Å². The number of aliphatic hydroxyl groups excluding tert-OH is 5. The second-order valence-corrected chi connectivity index (χ2v) is 8.74. The van der Waals surface area contributed by atoms with Gasteiger partial charge in [0.2, 0.25) is 5.91 Å². The third-order valence-electron chi connectivity index (χ3n) is 6.34. The number of hydrogen-bond acceptors (Lipinski definition) is 9. The average molecular weight is 478 g/mol. The number of carbonyl (C=O) groups excluding carboxylic acids is 1. The van der Waals surface area contributed by atoms with E-state index in [1.165, 1.54) is 7.05 Å². The van der Waals surface area contributed by atoms with E-state index in [1.54, 1.807) is 13.2 Å². The summed E-state index contributed by atoms with van der Waals surface area (Å²) in [5.41, 5.74) is 3.33. The molecule has 1 aromatic carbocycles. The lowest BCUT2D eigenvalue weighted by atomic mass is 9.98. The third-order valence-corrected chi connectivity index (χ3v) is 6.34. The Morgan fingerprint density at radius 1 is 1.00 bits per heavy atom. The number of aliphatic hydroxyl groups is 5. The monoisotopic (exact) mass is 477 g/mol. The van der Waals surface area contributed by atoms with Gasteiger partial charge >= 0.3 is 5.63 Å². The van der Waals surface area contributed by atoms with Crippen molar-refractivity contribution in [3.05, 3.63) is 45.0 Å². The highest BCUT2D eigenvalue weighted by atomic mass is 16.4. The second-order valence-electron chi connectivity index (χ2n) is 8.74. The summed E-state index contributed by atoms with van der Waals surface area (Å²) < 4.78 is 11.2. The van der Waals surface area contributed by atoms with Crippen molar-refractivity contribution < 1.29 is 39.2 Å². The molecule has 0 saturated heterocycles. The van der Waals surface area contributed by atoms with E-state index >= 15 is 0 Å². The van der Waals surface area contributed by atoms with Gasteiger partial charge in [-0.15, -0.1) is 0 Å². The molecule has 0 bridgehead atoms. The topological polar surface area (TPSA) is 165 Å². The van der Waals surface area contributed by atoms with Crippen LogP contribution in [0.2, 0.25) is 0 Å². The standard InChI is InChI=1S/C24H31NO9/c1-11-10-33-22-13(3)23-16(7-15(11)22)12(2)14(24(32)34-23)5-6-19(29)25(4)8-17(27)20(30)21(31)18(28)9-26/h7,10,17-18,20-21,26-28,30-31H,5-6,8-9H2,1-4H3/t17-,18+,20+,21+/m0/s1. The Hall–Kier alpha value is -2.76. The molecule has 0 unspecified atom stereocenters. The highest BCUT2D eigenvalue weighted by Crippen LogP contribution is 2.32. The molecule has 1 amide bonds. The van der Waals surface area contributed by atoms with Crippen LogP contribution in [0.25, 0.3) is 21.9 Å². The van der Waals surface area contributed by atoms with Gasteiger partial charge in [-0.05, 0) is 44.4 Å². The Morgan fingerprint density at radius 3 is 2.29 bits per heavy atom. The zero-order valence-corrected chi connectivity index (χ0v) is 19.6. The molecule has 0 radical (unpaired) electrons. The van der Waals surface area contributed by atoms with E-state index < -0.39 is 42.6 Å². The molecule has 0 saturated carbocycles. The molecule has 0 fully saturated rings. The molecule has 3 aromatic rings. The van der Waals surface area contributed by atoms with Crippen LogP contribution in [0.4, 0.5) is 0 Å². The molecule has 4 atom stereocenters. The minimum atomic E-state index is -1.78. The Kier molecular flexibility index (Phi) is 7.79. The van der Waals surface area contributed by atoms with E-state index in [0.717, 1.165) is 26.8 Å². The summed E-state index contributed by atoms with van der Waals surface area (Å²) in [6, 6.07) is 1.91. The van der Waals surface area contributed by atoms with Gasteiger partial charge in [0.15, 0.2) is 0 Å². The van der Waals surface area contributed by atoms with E-state index in [9.17, 15) is 30.0 Å². The molecule has 3 rings (SSSR count). The highest BCUT2D eigenvalue weighted by molar-refractivity contribution is 5.99. The summed E-state index contributed by atoms with van der Waals surface area (Å²) in [6.07, 6.45) is -5.02. The first kappa shape index (κ1) is 25.9. The normalized spacial score (nSPS) is 15.4. The Bertz CT molecular complexity index is 1240. The third kappa shape index (κ3) is 4.86. The second kappa shape index (κ2) is 10.2. The lowest BCUT2D eigenvalue weighted by molar-refractivity contribution is -0.137. The summed E-state index contributed by atoms with van der Waals surface area (Å²) in [6.45, 7) is 4.44. The first-order valence-corrected chi connectivity index (χ1v) is 11.0. The molecule has 2 aromatic heterocycles. The SMILES string of the molecule is Cc1coc2c(C)c3oc(=O)c(CCC(=O)N(C)C[C@H](O)[C@@H](O)[C@H](O)[C@H](O)CO)c(C)c3cc12. The number of likely N-dealkylation sites (N-methyl/N-ethyl adjacent to an activating group) is 1. The Morgan fingerprint density at radius 2 is 1.65 bits per heavy atom. The summed E-state index contributed by atoms with van der Waals surface area (Å²) in [5.74, 6) is -0.403. The van der Waals surface area contributed by atoms with Crippen molar-refractivity contribution in [2.45, 2.75) is 58.0 Å². The minimum Gasteiger partial charge on any atom is -0.464 e. The first-order chi connectivity index (χ1) is 16.0. The summed E-state index contributed by atoms with van der Waals surface area (Å²) in [5, 5.41) is 49.7. The first-order valence-electron chi connectivity index (χ1n) is 11.0. The number of furan rings is 1. The zero-order valence-electron chi connectivity index (χ0n) is 19.6. The predicted octanol–water partition coefficient (Wildman–Crippen LogP) is 0.291. The van der Waals surface area contributed by atoms with Gasteiger partial charge in [-0.3, -0.25) is 4.79 Å². The maximum Gasteiger partial charge on any atom is 0.339 e. The van der Waals surface area contributed by atoms with Crippen LogP contribution in [0.1, 0.15) is 28.7 Å². The summed E-state index contributed by atoms with van der Waals surface area (Å²) in [7, 11) is 1.41. The summed E-state index contributed by atoms with van der Waals surface area (Å²) in [4.78, 5) is 26.5. The number of hydrogen-bond donors (Lipinski definition) is 5. The van der Waals surface area contributed by atoms with Crippen LogP contribution in [-0.4, -0.2) is 81.0 Å². The molecular weight excluding hydrogens is 446 g/mol. The molecule has 0 aliphatic rings. The molecule has 0 aliphatic heterocycles. The molecule has 2 heterocycles. The quantitative estimate of drug-likeness (QED) is 0.272. The van der Waals surface area contributed by atoms with Gasteiger partial charge in [0, 0.05) is 41.9 Å². The largest absolute Gasteiger partial charge is 0.464 e. The molecule has 5 N–H and O–H groups in total. The smallest absolute Gasteiger partial charge is 0.339 e. The van der Waals surface area contributed by atoms with Crippen LogP contribution < -0.4 is 5.63 Å². The number of fused-ring (bicyclic) bond motifs is 2. The van der Waals surface area contributed by atoms with E-state index in [1.807, 2.05) is 19.9 Å². The van der Waals surface area contributed by atoms with Gasteiger partial charge in [0.25, 0.3) is 0 Å². The van der Waals surface area contributed by atoms with Crippen molar-refractivity contribution in [3.8, 4) is 0 Å². The van der Waals surface area contributed by atoms with Gasteiger partial charge in [-0.1, -0.05) is 0 Å². The van der Waals surface area contributed by atoms with Gasteiger partial charge < -0.3 is 39.3 Å². The number of nitrogens with zero attached hydrogens (tertiary/aromatic N) is 1.